The number of ether oxygens (including phenoxy) is 2. The zero-order valence-electron chi connectivity index (χ0n) is 10.7. The van der Waals surface area contributed by atoms with Crippen molar-refractivity contribution in [3.8, 4) is 0 Å². The van der Waals surface area contributed by atoms with Crippen molar-refractivity contribution in [2.24, 2.45) is 0 Å². The normalized spacial score (nSPS) is 24.8. The van der Waals surface area contributed by atoms with Crippen LogP contribution in [0.2, 0.25) is 0 Å². The first-order chi connectivity index (χ1) is 9.15. The molecule has 2 atom stereocenters. The van der Waals surface area contributed by atoms with Gasteiger partial charge in [-0.1, -0.05) is 24.3 Å². The van der Waals surface area contributed by atoms with Crippen LogP contribution in [0, 0.1) is 0 Å². The monoisotopic (exact) mass is 264 g/mol. The van der Waals surface area contributed by atoms with Crippen LogP contribution in [0.5, 0.6) is 0 Å². The van der Waals surface area contributed by atoms with Crippen molar-refractivity contribution in [1.82, 2.24) is 0 Å². The Morgan fingerprint density at radius 1 is 1.42 bits per heavy atom. The fourth-order valence-corrected chi connectivity index (χ4v) is 1.89. The Labute approximate surface area is 112 Å². The van der Waals surface area contributed by atoms with Crippen LogP contribution in [-0.4, -0.2) is 31.0 Å². The van der Waals surface area contributed by atoms with E-state index in [4.69, 9.17) is 9.47 Å². The van der Waals surface area contributed by atoms with Gasteiger partial charge < -0.3 is 9.47 Å². The van der Waals surface area contributed by atoms with E-state index in [-0.39, 0.29) is 19.3 Å². The van der Waals surface area contributed by atoms with Gasteiger partial charge in [-0.05, 0) is 12.1 Å². The minimum atomic E-state index is -1.26. The number of hydrogen-bond acceptors (Lipinski definition) is 3. The van der Waals surface area contributed by atoms with Gasteiger partial charge in [-0.15, -0.1) is 6.58 Å². The number of benzene rings is 1. The van der Waals surface area contributed by atoms with Gasteiger partial charge >= 0.3 is 5.97 Å². The molecule has 0 amide bonds. The Kier molecular flexibility index (Phi) is 4.32. The van der Waals surface area contributed by atoms with Gasteiger partial charge in [0.05, 0.1) is 18.3 Å². The van der Waals surface area contributed by atoms with Crippen LogP contribution in [0.25, 0.3) is 0 Å². The first kappa shape index (κ1) is 13.7. The molecule has 0 heterocycles. The largest absolute Gasteiger partial charge is 0.460 e. The summed E-state index contributed by atoms with van der Waals surface area (Å²) >= 11 is 0. The minimum Gasteiger partial charge on any atom is -0.460 e. The fraction of sp³-hybridized carbons (Fsp3) is 0.400. The van der Waals surface area contributed by atoms with Crippen molar-refractivity contribution in [2.45, 2.75) is 24.6 Å². The molecule has 1 aromatic rings. The summed E-state index contributed by atoms with van der Waals surface area (Å²) in [7, 11) is 0. The number of alkyl halides is 1. The molecule has 0 bridgehead atoms. The molecule has 2 rings (SSSR count). The summed E-state index contributed by atoms with van der Waals surface area (Å²) in [5.41, 5.74) is -0.758. The molecule has 0 N–H and O–H groups in total. The standard InChI is InChI=1S/C15H17FO3/c1-2-8-15(16)11-13(15)18-9-10-19-14(17)12-6-4-3-5-7-12/h2-7,13H,1,8-11H2. The van der Waals surface area contributed by atoms with Crippen molar-refractivity contribution in [3.05, 3.63) is 48.6 Å². The number of esters is 1. The second kappa shape index (κ2) is 5.97. The zero-order valence-corrected chi connectivity index (χ0v) is 10.7. The first-order valence-electron chi connectivity index (χ1n) is 6.29. The van der Waals surface area contributed by atoms with Crippen LogP contribution in [-0.2, 0) is 9.47 Å². The lowest BCUT2D eigenvalue weighted by Crippen LogP contribution is -2.15. The van der Waals surface area contributed by atoms with E-state index in [0.29, 0.717) is 18.4 Å². The maximum Gasteiger partial charge on any atom is 0.338 e. The van der Waals surface area contributed by atoms with Crippen molar-refractivity contribution < 1.29 is 18.7 Å². The van der Waals surface area contributed by atoms with E-state index in [2.05, 4.69) is 6.58 Å². The Hall–Kier alpha value is -1.68. The van der Waals surface area contributed by atoms with E-state index >= 15 is 0 Å². The van der Waals surface area contributed by atoms with Gasteiger partial charge in [0.2, 0.25) is 0 Å². The first-order valence-corrected chi connectivity index (χ1v) is 6.29. The van der Waals surface area contributed by atoms with Crippen LogP contribution in [0.1, 0.15) is 23.2 Å². The van der Waals surface area contributed by atoms with Crippen LogP contribution < -0.4 is 0 Å². The van der Waals surface area contributed by atoms with Crippen molar-refractivity contribution in [2.75, 3.05) is 13.2 Å². The van der Waals surface area contributed by atoms with Crippen LogP contribution in [0.4, 0.5) is 4.39 Å². The Balaban J connectivity index is 1.63. The van der Waals surface area contributed by atoms with Gasteiger partial charge in [-0.25, -0.2) is 9.18 Å². The molecule has 3 nitrogen and oxygen atoms in total. The van der Waals surface area contributed by atoms with Crippen LogP contribution >= 0.6 is 0 Å². The molecular weight excluding hydrogens is 247 g/mol. The Morgan fingerprint density at radius 3 is 2.84 bits per heavy atom. The second-order valence-corrected chi connectivity index (χ2v) is 4.59. The van der Waals surface area contributed by atoms with Crippen molar-refractivity contribution in [3.63, 3.8) is 0 Å². The molecule has 19 heavy (non-hydrogen) atoms. The van der Waals surface area contributed by atoms with E-state index in [0.717, 1.165) is 0 Å². The maximum absolute atomic E-state index is 13.7. The smallest absolute Gasteiger partial charge is 0.338 e. The summed E-state index contributed by atoms with van der Waals surface area (Å²) < 4.78 is 24.0. The summed E-state index contributed by atoms with van der Waals surface area (Å²) in [6.45, 7) is 3.86. The molecule has 0 saturated heterocycles. The summed E-state index contributed by atoms with van der Waals surface area (Å²) in [6, 6.07) is 8.73. The lowest BCUT2D eigenvalue weighted by atomic mass is 10.2. The van der Waals surface area contributed by atoms with Gasteiger partial charge in [0, 0.05) is 12.8 Å². The summed E-state index contributed by atoms with van der Waals surface area (Å²) in [5, 5.41) is 0. The van der Waals surface area contributed by atoms with Crippen LogP contribution in [0.3, 0.4) is 0 Å². The van der Waals surface area contributed by atoms with Crippen molar-refractivity contribution in [1.29, 1.82) is 0 Å². The summed E-state index contributed by atoms with van der Waals surface area (Å²) in [5.74, 6) is -0.391. The van der Waals surface area contributed by atoms with Gasteiger partial charge in [-0.3, -0.25) is 0 Å². The summed E-state index contributed by atoms with van der Waals surface area (Å²) in [6.07, 6.45) is 1.87. The SMILES string of the molecule is C=CCC1(F)CC1OCCOC(=O)c1ccccc1. The van der Waals surface area contributed by atoms with Gasteiger partial charge in [0.15, 0.2) is 0 Å². The fourth-order valence-electron chi connectivity index (χ4n) is 1.89. The average Bonchev–Trinajstić information content (AvgIpc) is 3.06. The number of hydrogen-bond donors (Lipinski definition) is 0. The molecule has 4 heteroatoms. The highest BCUT2D eigenvalue weighted by molar-refractivity contribution is 5.89. The summed E-state index contributed by atoms with van der Waals surface area (Å²) in [4.78, 5) is 11.6. The Morgan fingerprint density at radius 2 is 2.16 bits per heavy atom. The Bertz CT molecular complexity index is 446. The predicted octanol–water partition coefficient (Wildman–Crippen LogP) is 2.92. The molecule has 0 aromatic heterocycles. The third-order valence-corrected chi connectivity index (χ3v) is 3.07. The molecule has 1 aliphatic rings. The highest BCUT2D eigenvalue weighted by atomic mass is 19.1. The van der Waals surface area contributed by atoms with E-state index < -0.39 is 11.6 Å². The number of allylic oxidation sites excluding steroid dienone is 1. The molecular formula is C15H17FO3. The molecule has 2 unspecified atom stereocenters. The minimum absolute atomic E-state index is 0.133. The van der Waals surface area contributed by atoms with Crippen molar-refractivity contribution >= 4 is 5.97 Å². The lowest BCUT2D eigenvalue weighted by molar-refractivity contribution is 0.0192. The van der Waals surface area contributed by atoms with Gasteiger partial charge in [0.25, 0.3) is 0 Å². The van der Waals surface area contributed by atoms with Gasteiger partial charge in [0.1, 0.15) is 12.3 Å². The van der Waals surface area contributed by atoms with E-state index in [1.807, 2.05) is 6.07 Å². The molecule has 1 aromatic carbocycles. The topological polar surface area (TPSA) is 35.5 Å². The lowest BCUT2D eigenvalue weighted by Gasteiger charge is -2.07. The number of carbonyl (C=O) groups is 1. The molecule has 0 spiro atoms. The zero-order chi connectivity index (χ0) is 13.7. The second-order valence-electron chi connectivity index (χ2n) is 4.59. The number of carbonyl (C=O) groups excluding carboxylic acids is 1. The number of rotatable bonds is 7. The molecule has 1 fully saturated rings. The molecule has 0 aliphatic heterocycles. The van der Waals surface area contributed by atoms with E-state index in [1.165, 1.54) is 0 Å². The third-order valence-electron chi connectivity index (χ3n) is 3.07. The average molecular weight is 264 g/mol. The van der Waals surface area contributed by atoms with Gasteiger partial charge in [-0.2, -0.15) is 0 Å². The molecule has 102 valence electrons. The highest BCUT2D eigenvalue weighted by Crippen LogP contribution is 2.45. The maximum atomic E-state index is 13.7. The predicted molar refractivity (Wildman–Crippen MR) is 69.7 cm³/mol. The van der Waals surface area contributed by atoms with Crippen LogP contribution in [0.15, 0.2) is 43.0 Å². The third kappa shape index (κ3) is 3.64. The van der Waals surface area contributed by atoms with E-state index in [1.54, 1.807) is 30.3 Å². The number of halogens is 1. The molecule has 1 aliphatic carbocycles. The molecule has 1 saturated carbocycles. The van der Waals surface area contributed by atoms with E-state index in [9.17, 15) is 9.18 Å². The molecule has 0 radical (unpaired) electrons. The highest BCUT2D eigenvalue weighted by Gasteiger charge is 2.55. The quantitative estimate of drug-likeness (QED) is 0.431.